The zero-order valence-electron chi connectivity index (χ0n) is 10.5. The predicted octanol–water partition coefficient (Wildman–Crippen LogP) is 2.76. The minimum Gasteiger partial charge on any atom is -0.387 e. The third kappa shape index (κ3) is 3.20. The molecule has 0 spiro atoms. The van der Waals surface area contributed by atoms with Crippen LogP contribution in [-0.4, -0.2) is 23.2 Å². The van der Waals surface area contributed by atoms with E-state index < -0.39 is 6.10 Å². The number of aromatic nitrogens is 1. The Labute approximate surface area is 98.1 Å². The minimum atomic E-state index is -0.435. The summed E-state index contributed by atoms with van der Waals surface area (Å²) in [5.74, 6) is 0. The number of nitrogens with zero attached hydrogens (tertiary/aromatic N) is 2. The molecule has 0 aliphatic heterocycles. The van der Waals surface area contributed by atoms with Crippen molar-refractivity contribution in [2.45, 2.75) is 39.7 Å². The summed E-state index contributed by atoms with van der Waals surface area (Å²) in [5, 5.41) is 9.64. The molecule has 3 nitrogen and oxygen atoms in total. The molecule has 0 aliphatic carbocycles. The molecule has 0 bridgehead atoms. The van der Waals surface area contributed by atoms with Gasteiger partial charge < -0.3 is 10.0 Å². The van der Waals surface area contributed by atoms with Gasteiger partial charge in [-0.2, -0.15) is 0 Å². The number of pyridine rings is 1. The molecule has 0 saturated heterocycles. The third-order valence-corrected chi connectivity index (χ3v) is 2.74. The molecule has 1 N–H and O–H groups in total. The first-order valence-electron chi connectivity index (χ1n) is 6.11. The highest BCUT2D eigenvalue weighted by Gasteiger charge is 2.08. The van der Waals surface area contributed by atoms with Gasteiger partial charge in [0.05, 0.1) is 23.7 Å². The highest BCUT2D eigenvalue weighted by molar-refractivity contribution is 5.44. The van der Waals surface area contributed by atoms with E-state index in [2.05, 4.69) is 23.7 Å². The molecule has 1 atom stereocenters. The molecule has 1 aromatic rings. The Bertz CT molecular complexity index is 297. The van der Waals surface area contributed by atoms with Crippen LogP contribution < -0.4 is 4.90 Å². The molecular weight excluding hydrogens is 200 g/mol. The summed E-state index contributed by atoms with van der Waals surface area (Å²) in [6, 6.07) is 3.96. The molecule has 0 saturated carbocycles. The SMILES string of the molecule is CCCN(CC)c1ccc(C(O)CC)nc1. The fraction of sp³-hybridized carbons (Fsp3) is 0.615. The first-order valence-corrected chi connectivity index (χ1v) is 6.11. The average molecular weight is 222 g/mol. The maximum Gasteiger partial charge on any atom is 0.0957 e. The first-order chi connectivity index (χ1) is 7.72. The second kappa shape index (κ2) is 6.48. The van der Waals surface area contributed by atoms with Crippen LogP contribution in [0.15, 0.2) is 18.3 Å². The molecule has 1 heterocycles. The van der Waals surface area contributed by atoms with E-state index in [-0.39, 0.29) is 0 Å². The monoisotopic (exact) mass is 222 g/mol. The second-order valence-electron chi connectivity index (χ2n) is 3.94. The lowest BCUT2D eigenvalue weighted by atomic mass is 10.2. The van der Waals surface area contributed by atoms with Gasteiger partial charge in [-0.25, -0.2) is 0 Å². The van der Waals surface area contributed by atoms with Crippen LogP contribution in [0.5, 0.6) is 0 Å². The van der Waals surface area contributed by atoms with E-state index in [1.165, 1.54) is 0 Å². The number of hydrogen-bond acceptors (Lipinski definition) is 3. The molecule has 90 valence electrons. The van der Waals surface area contributed by atoms with Gasteiger partial charge in [0.1, 0.15) is 0 Å². The summed E-state index contributed by atoms with van der Waals surface area (Å²) in [4.78, 5) is 6.60. The molecule has 1 rings (SSSR count). The van der Waals surface area contributed by atoms with E-state index in [0.29, 0.717) is 6.42 Å². The topological polar surface area (TPSA) is 36.4 Å². The molecule has 3 heteroatoms. The van der Waals surface area contributed by atoms with E-state index in [4.69, 9.17) is 0 Å². The van der Waals surface area contributed by atoms with Crippen molar-refractivity contribution in [3.05, 3.63) is 24.0 Å². The van der Waals surface area contributed by atoms with E-state index >= 15 is 0 Å². The molecule has 16 heavy (non-hydrogen) atoms. The Morgan fingerprint density at radius 1 is 1.31 bits per heavy atom. The Morgan fingerprint density at radius 3 is 2.50 bits per heavy atom. The average Bonchev–Trinajstić information content (AvgIpc) is 2.35. The standard InChI is InChI=1S/C13H22N2O/c1-4-9-15(6-3)11-7-8-12(14-10-11)13(16)5-2/h7-8,10,13,16H,4-6,9H2,1-3H3. The summed E-state index contributed by atoms with van der Waals surface area (Å²) >= 11 is 0. The zero-order valence-corrected chi connectivity index (χ0v) is 10.5. The van der Waals surface area contributed by atoms with Gasteiger partial charge in [-0.15, -0.1) is 0 Å². The van der Waals surface area contributed by atoms with Crippen LogP contribution in [-0.2, 0) is 0 Å². The molecular formula is C13H22N2O. The van der Waals surface area contributed by atoms with Crippen LogP contribution in [0.1, 0.15) is 45.4 Å². The largest absolute Gasteiger partial charge is 0.387 e. The first kappa shape index (κ1) is 13.0. The van der Waals surface area contributed by atoms with Gasteiger partial charge in [-0.05, 0) is 31.9 Å². The highest BCUT2D eigenvalue weighted by Crippen LogP contribution is 2.18. The molecule has 0 fully saturated rings. The van der Waals surface area contributed by atoms with Crippen LogP contribution in [0.2, 0.25) is 0 Å². The van der Waals surface area contributed by atoms with Gasteiger partial charge in [0.2, 0.25) is 0 Å². The van der Waals surface area contributed by atoms with E-state index in [1.807, 2.05) is 25.3 Å². The van der Waals surface area contributed by atoms with Crippen molar-refractivity contribution in [2.75, 3.05) is 18.0 Å². The zero-order chi connectivity index (χ0) is 12.0. The lowest BCUT2D eigenvalue weighted by molar-refractivity contribution is 0.169. The summed E-state index contributed by atoms with van der Waals surface area (Å²) in [6.45, 7) is 8.31. The van der Waals surface area contributed by atoms with Crippen LogP contribution in [0, 0.1) is 0 Å². The maximum atomic E-state index is 9.64. The number of aliphatic hydroxyl groups excluding tert-OH is 1. The Balaban J connectivity index is 2.76. The molecule has 0 aromatic carbocycles. The fourth-order valence-corrected chi connectivity index (χ4v) is 1.73. The number of rotatable bonds is 6. The van der Waals surface area contributed by atoms with E-state index in [9.17, 15) is 5.11 Å². The Kier molecular flexibility index (Phi) is 5.26. The lowest BCUT2D eigenvalue weighted by Crippen LogP contribution is -2.23. The van der Waals surface area contributed by atoms with E-state index in [1.54, 1.807) is 0 Å². The number of hydrogen-bond donors (Lipinski definition) is 1. The summed E-state index contributed by atoms with van der Waals surface area (Å²) < 4.78 is 0. The summed E-state index contributed by atoms with van der Waals surface area (Å²) in [6.07, 6.45) is 3.26. The smallest absolute Gasteiger partial charge is 0.0957 e. The fourth-order valence-electron chi connectivity index (χ4n) is 1.73. The number of aliphatic hydroxyl groups is 1. The number of anilines is 1. The molecule has 0 aliphatic rings. The van der Waals surface area contributed by atoms with Crippen LogP contribution in [0.3, 0.4) is 0 Å². The van der Waals surface area contributed by atoms with Crippen molar-refractivity contribution in [1.82, 2.24) is 4.98 Å². The van der Waals surface area contributed by atoms with Gasteiger partial charge in [-0.1, -0.05) is 13.8 Å². The van der Waals surface area contributed by atoms with Crippen molar-refractivity contribution in [3.63, 3.8) is 0 Å². The molecule has 1 aromatic heterocycles. The third-order valence-electron chi connectivity index (χ3n) is 2.74. The summed E-state index contributed by atoms with van der Waals surface area (Å²) in [5.41, 5.74) is 1.90. The van der Waals surface area contributed by atoms with Crippen molar-refractivity contribution >= 4 is 5.69 Å². The van der Waals surface area contributed by atoms with Crippen LogP contribution >= 0.6 is 0 Å². The molecule has 0 amide bonds. The van der Waals surface area contributed by atoms with Gasteiger partial charge in [0.25, 0.3) is 0 Å². The van der Waals surface area contributed by atoms with Crippen molar-refractivity contribution < 1.29 is 5.11 Å². The van der Waals surface area contributed by atoms with Gasteiger partial charge in [-0.3, -0.25) is 4.98 Å². The minimum absolute atomic E-state index is 0.435. The van der Waals surface area contributed by atoms with Gasteiger partial charge in [0.15, 0.2) is 0 Å². The van der Waals surface area contributed by atoms with Gasteiger partial charge >= 0.3 is 0 Å². The quantitative estimate of drug-likeness (QED) is 0.804. The normalized spacial score (nSPS) is 12.5. The summed E-state index contributed by atoms with van der Waals surface area (Å²) in [7, 11) is 0. The predicted molar refractivity (Wildman–Crippen MR) is 67.7 cm³/mol. The second-order valence-corrected chi connectivity index (χ2v) is 3.94. The van der Waals surface area contributed by atoms with Gasteiger partial charge in [0, 0.05) is 13.1 Å². The Hall–Kier alpha value is -1.09. The maximum absolute atomic E-state index is 9.64. The highest BCUT2D eigenvalue weighted by atomic mass is 16.3. The van der Waals surface area contributed by atoms with Crippen molar-refractivity contribution in [2.24, 2.45) is 0 Å². The van der Waals surface area contributed by atoms with Crippen LogP contribution in [0.4, 0.5) is 5.69 Å². The molecule has 1 unspecified atom stereocenters. The van der Waals surface area contributed by atoms with Crippen molar-refractivity contribution in [3.8, 4) is 0 Å². The molecule has 0 radical (unpaired) electrons. The van der Waals surface area contributed by atoms with Crippen molar-refractivity contribution in [1.29, 1.82) is 0 Å². The Morgan fingerprint density at radius 2 is 2.06 bits per heavy atom. The lowest BCUT2D eigenvalue weighted by Gasteiger charge is -2.22. The van der Waals surface area contributed by atoms with E-state index in [0.717, 1.165) is 30.9 Å². The van der Waals surface area contributed by atoms with Crippen LogP contribution in [0.25, 0.3) is 0 Å².